The molecule has 0 fully saturated rings. The van der Waals surface area contributed by atoms with E-state index in [0.717, 1.165) is 0 Å². The number of hydrogen-bond donors (Lipinski definition) is 3. The van der Waals surface area contributed by atoms with Gasteiger partial charge in [0.25, 0.3) is 5.91 Å². The van der Waals surface area contributed by atoms with Crippen LogP contribution in [0.4, 0.5) is 0 Å². The van der Waals surface area contributed by atoms with Gasteiger partial charge >= 0.3 is 0 Å². The Kier molecular flexibility index (Phi) is 7.48. The molecule has 2 aromatic carbocycles. The minimum Gasteiger partial charge on any atom is -0.486 e. The summed E-state index contributed by atoms with van der Waals surface area (Å²) in [5, 5.41) is 8.98. The summed E-state index contributed by atoms with van der Waals surface area (Å²) >= 11 is 0. The van der Waals surface area contributed by atoms with Gasteiger partial charge in [0.1, 0.15) is 25.0 Å². The Labute approximate surface area is 184 Å². The minimum absolute atomic E-state index is 0.0229. The molecule has 3 rings (SSSR count). The van der Waals surface area contributed by atoms with E-state index in [1.807, 2.05) is 6.07 Å². The third-order valence-corrected chi connectivity index (χ3v) is 5.63. The normalized spacial score (nSPS) is 12.3. The van der Waals surface area contributed by atoms with Crippen LogP contribution in [0.15, 0.2) is 47.4 Å². The van der Waals surface area contributed by atoms with E-state index in [4.69, 9.17) is 19.5 Å². The maximum atomic E-state index is 12.4. The van der Waals surface area contributed by atoms with Crippen LogP contribution in [0.1, 0.15) is 12.0 Å². The average Bonchev–Trinajstić information content (AvgIpc) is 2.81. The number of rotatable bonds is 8. The van der Waals surface area contributed by atoms with Gasteiger partial charge in [-0.1, -0.05) is 12.1 Å². The SMILES string of the molecule is N#Cc1ccccc1OCC(=O)NNC(=O)CCNS(=O)(=O)c1ccc2c(c1)OCCO2. The highest BCUT2D eigenvalue weighted by Crippen LogP contribution is 2.32. The fourth-order valence-electron chi connectivity index (χ4n) is 2.64. The largest absolute Gasteiger partial charge is 0.486 e. The summed E-state index contributed by atoms with van der Waals surface area (Å²) in [4.78, 5) is 23.6. The van der Waals surface area contributed by atoms with Crippen LogP contribution in [0.25, 0.3) is 0 Å². The first-order chi connectivity index (χ1) is 15.4. The fraction of sp³-hybridized carbons (Fsp3) is 0.250. The Morgan fingerprint density at radius 3 is 2.53 bits per heavy atom. The Morgan fingerprint density at radius 2 is 1.75 bits per heavy atom. The second-order valence-corrected chi connectivity index (χ2v) is 8.21. The molecule has 0 aromatic heterocycles. The van der Waals surface area contributed by atoms with Crippen LogP contribution < -0.4 is 29.8 Å². The maximum Gasteiger partial charge on any atom is 0.276 e. The molecule has 12 heteroatoms. The number of fused-ring (bicyclic) bond motifs is 1. The van der Waals surface area contributed by atoms with E-state index in [9.17, 15) is 18.0 Å². The minimum atomic E-state index is -3.87. The van der Waals surface area contributed by atoms with Crippen molar-refractivity contribution in [2.24, 2.45) is 0 Å². The number of hydrogen-bond acceptors (Lipinski definition) is 8. The molecule has 0 radical (unpaired) electrons. The number of hydrazine groups is 1. The van der Waals surface area contributed by atoms with Crippen molar-refractivity contribution in [3.8, 4) is 23.3 Å². The second kappa shape index (κ2) is 10.5. The van der Waals surface area contributed by atoms with Crippen molar-refractivity contribution < 1.29 is 32.2 Å². The van der Waals surface area contributed by atoms with Crippen LogP contribution in [-0.4, -0.2) is 46.6 Å². The summed E-state index contributed by atoms with van der Waals surface area (Å²) < 4.78 is 43.0. The Balaban J connectivity index is 1.40. The Bertz CT molecular complexity index is 1140. The van der Waals surface area contributed by atoms with Crippen molar-refractivity contribution in [2.75, 3.05) is 26.4 Å². The van der Waals surface area contributed by atoms with Crippen LogP contribution in [0, 0.1) is 11.3 Å². The number of carbonyl (C=O) groups is 2. The third kappa shape index (κ3) is 6.10. The van der Waals surface area contributed by atoms with Gasteiger partial charge in [0.15, 0.2) is 18.1 Å². The van der Waals surface area contributed by atoms with E-state index in [2.05, 4.69) is 15.6 Å². The van der Waals surface area contributed by atoms with E-state index in [0.29, 0.717) is 24.7 Å². The van der Waals surface area contributed by atoms with E-state index >= 15 is 0 Å². The molecular weight excluding hydrogens is 440 g/mol. The number of nitrogens with zero attached hydrogens (tertiary/aromatic N) is 1. The van der Waals surface area contributed by atoms with E-state index in [1.54, 1.807) is 18.2 Å². The predicted molar refractivity (Wildman–Crippen MR) is 110 cm³/mol. The molecule has 11 nitrogen and oxygen atoms in total. The van der Waals surface area contributed by atoms with Gasteiger partial charge in [-0.25, -0.2) is 13.1 Å². The second-order valence-electron chi connectivity index (χ2n) is 6.45. The molecule has 1 aliphatic rings. The number of amides is 2. The summed E-state index contributed by atoms with van der Waals surface area (Å²) in [6, 6.07) is 12.6. The predicted octanol–water partition coefficient (Wildman–Crippen LogP) is 0.224. The van der Waals surface area contributed by atoms with E-state index < -0.39 is 28.4 Å². The van der Waals surface area contributed by atoms with Gasteiger partial charge < -0.3 is 14.2 Å². The van der Waals surface area contributed by atoms with Crippen molar-refractivity contribution in [3.05, 3.63) is 48.0 Å². The zero-order valence-electron chi connectivity index (χ0n) is 16.8. The lowest BCUT2D eigenvalue weighted by molar-refractivity contribution is -0.129. The van der Waals surface area contributed by atoms with E-state index in [1.165, 1.54) is 24.3 Å². The van der Waals surface area contributed by atoms with Gasteiger partial charge in [0.2, 0.25) is 15.9 Å². The summed E-state index contributed by atoms with van der Waals surface area (Å²) in [7, 11) is -3.87. The lowest BCUT2D eigenvalue weighted by atomic mass is 10.2. The number of benzene rings is 2. The van der Waals surface area contributed by atoms with Gasteiger partial charge in [0.05, 0.1) is 10.5 Å². The van der Waals surface area contributed by atoms with Gasteiger partial charge in [0, 0.05) is 19.0 Å². The lowest BCUT2D eigenvalue weighted by Crippen LogP contribution is -2.44. The molecular formula is C20H20N4O7S. The summed E-state index contributed by atoms with van der Waals surface area (Å²) in [6.07, 6.45) is -0.220. The maximum absolute atomic E-state index is 12.4. The molecule has 0 saturated carbocycles. The highest BCUT2D eigenvalue weighted by atomic mass is 32.2. The molecule has 0 saturated heterocycles. The molecule has 2 amide bonds. The quantitative estimate of drug-likeness (QED) is 0.473. The fourth-order valence-corrected chi connectivity index (χ4v) is 3.69. The van der Waals surface area contributed by atoms with Crippen molar-refractivity contribution in [3.63, 3.8) is 0 Å². The van der Waals surface area contributed by atoms with Crippen LogP contribution in [0.2, 0.25) is 0 Å². The van der Waals surface area contributed by atoms with Crippen LogP contribution in [0.3, 0.4) is 0 Å². The molecule has 32 heavy (non-hydrogen) atoms. The molecule has 1 heterocycles. The van der Waals surface area contributed by atoms with Crippen molar-refractivity contribution in [2.45, 2.75) is 11.3 Å². The zero-order chi connectivity index (χ0) is 23.0. The molecule has 0 aliphatic carbocycles. The molecule has 0 unspecified atom stereocenters. The first kappa shape index (κ1) is 22.9. The zero-order valence-corrected chi connectivity index (χ0v) is 17.6. The first-order valence-electron chi connectivity index (χ1n) is 9.48. The number of carbonyl (C=O) groups excluding carboxylic acids is 2. The number of para-hydroxylation sites is 1. The van der Waals surface area contributed by atoms with Crippen molar-refractivity contribution in [1.82, 2.24) is 15.6 Å². The topological polar surface area (TPSA) is 156 Å². The Hall–Kier alpha value is -3.82. The number of nitriles is 1. The van der Waals surface area contributed by atoms with Gasteiger partial charge in [-0.2, -0.15) is 5.26 Å². The molecule has 3 N–H and O–H groups in total. The molecule has 0 spiro atoms. The van der Waals surface area contributed by atoms with E-state index in [-0.39, 0.29) is 29.2 Å². The average molecular weight is 460 g/mol. The van der Waals surface area contributed by atoms with Crippen LogP contribution in [0.5, 0.6) is 17.2 Å². The summed E-state index contributed by atoms with van der Waals surface area (Å²) in [5.41, 5.74) is 4.58. The van der Waals surface area contributed by atoms with Crippen molar-refractivity contribution >= 4 is 21.8 Å². The van der Waals surface area contributed by atoms with Crippen molar-refractivity contribution in [1.29, 1.82) is 5.26 Å². The highest BCUT2D eigenvalue weighted by Gasteiger charge is 2.19. The molecule has 1 aliphatic heterocycles. The number of sulfonamides is 1. The van der Waals surface area contributed by atoms with Gasteiger partial charge in [-0.3, -0.25) is 20.4 Å². The van der Waals surface area contributed by atoms with Crippen LogP contribution in [-0.2, 0) is 19.6 Å². The lowest BCUT2D eigenvalue weighted by Gasteiger charge is -2.18. The molecule has 0 atom stereocenters. The third-order valence-electron chi connectivity index (χ3n) is 4.18. The standard InChI is InChI=1S/C20H20N4O7S/c21-12-14-3-1-2-4-16(14)31-13-20(26)24-23-19(25)7-8-22-32(27,28)15-5-6-17-18(11-15)30-10-9-29-17/h1-6,11,22H,7-10,13H2,(H,23,25)(H,24,26). The summed E-state index contributed by atoms with van der Waals surface area (Å²) in [6.45, 7) is 0.105. The Morgan fingerprint density at radius 1 is 1.03 bits per heavy atom. The van der Waals surface area contributed by atoms with Gasteiger partial charge in [-0.15, -0.1) is 0 Å². The molecule has 168 valence electrons. The number of ether oxygens (including phenoxy) is 3. The summed E-state index contributed by atoms with van der Waals surface area (Å²) in [5.74, 6) is -0.224. The molecule has 0 bridgehead atoms. The number of nitrogens with one attached hydrogen (secondary N) is 3. The van der Waals surface area contributed by atoms with Crippen LogP contribution >= 0.6 is 0 Å². The smallest absolute Gasteiger partial charge is 0.276 e. The monoisotopic (exact) mass is 460 g/mol. The van der Waals surface area contributed by atoms with Gasteiger partial charge in [-0.05, 0) is 24.3 Å². The first-order valence-corrected chi connectivity index (χ1v) is 11.0. The molecule has 2 aromatic rings. The highest BCUT2D eigenvalue weighted by molar-refractivity contribution is 7.89.